The van der Waals surface area contributed by atoms with Crippen LogP contribution in [0.2, 0.25) is 4.47 Å². The van der Waals surface area contributed by atoms with E-state index in [2.05, 4.69) is 15.0 Å². The summed E-state index contributed by atoms with van der Waals surface area (Å²) >= 11 is 6.86. The van der Waals surface area contributed by atoms with Crippen LogP contribution in [0.3, 0.4) is 0 Å². The minimum absolute atomic E-state index is 0.181. The zero-order chi connectivity index (χ0) is 15.6. The minimum Gasteiger partial charge on any atom is -0.406 e. The maximum absolute atomic E-state index is 12.0. The molecule has 9 heteroatoms. The van der Waals surface area contributed by atoms with Crippen molar-refractivity contribution >= 4 is 34.5 Å². The van der Waals surface area contributed by atoms with E-state index in [0.29, 0.717) is 10.6 Å². The standard InChI is InChI=1S/C12H8ClF3N2O2S/c1-6-9(18-11(13)21-6)10(19)17-7-2-4-8(5-3-7)20-12(14,15)16/h2-5H,1H3,(H,17,19). The Hall–Kier alpha value is -1.80. The summed E-state index contributed by atoms with van der Waals surface area (Å²) in [4.78, 5) is 16.4. The first-order valence-electron chi connectivity index (χ1n) is 5.55. The van der Waals surface area contributed by atoms with Crippen LogP contribution in [-0.2, 0) is 0 Å². The number of carbonyl (C=O) groups is 1. The molecule has 1 aromatic carbocycles. The van der Waals surface area contributed by atoms with Crippen LogP contribution in [0.25, 0.3) is 0 Å². The molecule has 0 saturated heterocycles. The lowest BCUT2D eigenvalue weighted by atomic mass is 10.3. The number of alkyl halides is 3. The van der Waals surface area contributed by atoms with Crippen LogP contribution in [0.1, 0.15) is 15.4 Å². The number of rotatable bonds is 3. The first kappa shape index (κ1) is 15.6. The van der Waals surface area contributed by atoms with E-state index < -0.39 is 12.3 Å². The highest BCUT2D eigenvalue weighted by atomic mass is 35.5. The number of thiazole rings is 1. The van der Waals surface area contributed by atoms with E-state index >= 15 is 0 Å². The van der Waals surface area contributed by atoms with Crippen LogP contribution in [0.15, 0.2) is 24.3 Å². The van der Waals surface area contributed by atoms with E-state index in [0.717, 1.165) is 12.1 Å². The van der Waals surface area contributed by atoms with Crippen LogP contribution in [-0.4, -0.2) is 17.3 Å². The van der Waals surface area contributed by atoms with Gasteiger partial charge < -0.3 is 10.1 Å². The summed E-state index contributed by atoms with van der Waals surface area (Å²) in [6.45, 7) is 1.69. The molecule has 0 saturated carbocycles. The fourth-order valence-corrected chi connectivity index (χ4v) is 2.56. The molecule has 112 valence electrons. The van der Waals surface area contributed by atoms with Crippen molar-refractivity contribution in [2.75, 3.05) is 5.32 Å². The minimum atomic E-state index is -4.75. The summed E-state index contributed by atoms with van der Waals surface area (Å²) in [7, 11) is 0. The summed E-state index contributed by atoms with van der Waals surface area (Å²) in [5.41, 5.74) is 0.499. The summed E-state index contributed by atoms with van der Waals surface area (Å²) in [6.07, 6.45) is -4.75. The van der Waals surface area contributed by atoms with Crippen LogP contribution in [0, 0.1) is 6.92 Å². The van der Waals surface area contributed by atoms with Crippen molar-refractivity contribution in [1.29, 1.82) is 0 Å². The monoisotopic (exact) mass is 336 g/mol. The van der Waals surface area contributed by atoms with E-state index in [1.807, 2.05) is 0 Å². The third-order valence-electron chi connectivity index (χ3n) is 2.33. The molecule has 0 aliphatic heterocycles. The fourth-order valence-electron chi connectivity index (χ4n) is 1.51. The van der Waals surface area contributed by atoms with Gasteiger partial charge >= 0.3 is 6.36 Å². The molecule has 0 radical (unpaired) electrons. The third kappa shape index (κ3) is 4.33. The van der Waals surface area contributed by atoms with Gasteiger partial charge in [0.05, 0.1) is 0 Å². The number of aryl methyl sites for hydroxylation is 1. The number of carbonyl (C=O) groups excluding carboxylic acids is 1. The highest BCUT2D eigenvalue weighted by Gasteiger charge is 2.31. The molecule has 1 N–H and O–H groups in total. The second-order valence-electron chi connectivity index (χ2n) is 3.90. The van der Waals surface area contributed by atoms with Crippen molar-refractivity contribution in [2.45, 2.75) is 13.3 Å². The smallest absolute Gasteiger partial charge is 0.406 e. The van der Waals surface area contributed by atoms with Crippen molar-refractivity contribution < 1.29 is 22.7 Å². The van der Waals surface area contributed by atoms with E-state index in [-0.39, 0.29) is 15.9 Å². The number of aromatic nitrogens is 1. The molecule has 0 fully saturated rings. The average Bonchev–Trinajstić information content (AvgIpc) is 2.69. The van der Waals surface area contributed by atoms with Gasteiger partial charge in [-0.3, -0.25) is 4.79 Å². The fraction of sp³-hybridized carbons (Fsp3) is 0.167. The first-order valence-corrected chi connectivity index (χ1v) is 6.74. The maximum Gasteiger partial charge on any atom is 0.573 e. The van der Waals surface area contributed by atoms with Crippen molar-refractivity contribution in [3.05, 3.63) is 39.3 Å². The Morgan fingerprint density at radius 1 is 1.33 bits per heavy atom. The third-order valence-corrected chi connectivity index (χ3v) is 3.41. The molecule has 2 rings (SSSR count). The summed E-state index contributed by atoms with van der Waals surface area (Å²) < 4.78 is 40.0. The number of nitrogens with one attached hydrogen (secondary N) is 1. The van der Waals surface area contributed by atoms with E-state index in [4.69, 9.17) is 11.6 Å². The van der Waals surface area contributed by atoms with E-state index in [1.54, 1.807) is 6.92 Å². The Bertz CT molecular complexity index is 656. The van der Waals surface area contributed by atoms with Crippen molar-refractivity contribution in [3.8, 4) is 5.75 Å². The lowest BCUT2D eigenvalue weighted by Gasteiger charge is -2.09. The van der Waals surface area contributed by atoms with Crippen molar-refractivity contribution in [2.24, 2.45) is 0 Å². The van der Waals surface area contributed by atoms with Gasteiger partial charge in [-0.05, 0) is 31.2 Å². The van der Waals surface area contributed by atoms with Gasteiger partial charge in [0.1, 0.15) is 11.4 Å². The van der Waals surface area contributed by atoms with Crippen LogP contribution >= 0.6 is 22.9 Å². The summed E-state index contributed by atoms with van der Waals surface area (Å²) in [5, 5.41) is 2.51. The molecule has 2 aromatic rings. The predicted octanol–water partition coefficient (Wildman–Crippen LogP) is 4.26. The second kappa shape index (κ2) is 5.90. The van der Waals surface area contributed by atoms with Crippen molar-refractivity contribution in [3.63, 3.8) is 0 Å². The molecule has 1 heterocycles. The van der Waals surface area contributed by atoms with Gasteiger partial charge in [-0.15, -0.1) is 24.5 Å². The number of nitrogens with zero attached hydrogens (tertiary/aromatic N) is 1. The average molecular weight is 337 g/mol. The summed E-state index contributed by atoms with van der Waals surface area (Å²) in [5.74, 6) is -0.853. The Balaban J connectivity index is 2.07. The molecule has 0 aliphatic carbocycles. The highest BCUT2D eigenvalue weighted by Crippen LogP contribution is 2.25. The molecule has 4 nitrogen and oxygen atoms in total. The van der Waals surface area contributed by atoms with Crippen LogP contribution in [0.4, 0.5) is 18.9 Å². The number of anilines is 1. The molecule has 0 spiro atoms. The zero-order valence-electron chi connectivity index (χ0n) is 10.5. The largest absolute Gasteiger partial charge is 0.573 e. The molecular weight excluding hydrogens is 329 g/mol. The number of amides is 1. The summed E-state index contributed by atoms with van der Waals surface area (Å²) in [6, 6.07) is 4.79. The predicted molar refractivity (Wildman–Crippen MR) is 72.9 cm³/mol. The lowest BCUT2D eigenvalue weighted by molar-refractivity contribution is -0.274. The Labute approximate surface area is 126 Å². The molecular formula is C12H8ClF3N2O2S. The van der Waals surface area contributed by atoms with E-state index in [9.17, 15) is 18.0 Å². The first-order chi connectivity index (χ1) is 9.74. The topological polar surface area (TPSA) is 51.2 Å². The van der Waals surface area contributed by atoms with Gasteiger partial charge in [0.15, 0.2) is 4.47 Å². The van der Waals surface area contributed by atoms with Gasteiger partial charge in [-0.2, -0.15) is 0 Å². The molecule has 0 aliphatic rings. The maximum atomic E-state index is 12.0. The number of benzene rings is 1. The number of halogens is 4. The number of hydrogen-bond donors (Lipinski definition) is 1. The van der Waals surface area contributed by atoms with Gasteiger partial charge in [0.2, 0.25) is 0 Å². The zero-order valence-corrected chi connectivity index (χ0v) is 12.1. The quantitative estimate of drug-likeness (QED) is 0.911. The Morgan fingerprint density at radius 2 is 1.95 bits per heavy atom. The molecule has 21 heavy (non-hydrogen) atoms. The molecule has 0 unspecified atom stereocenters. The second-order valence-corrected chi connectivity index (χ2v) is 5.68. The van der Waals surface area contributed by atoms with Gasteiger partial charge in [-0.1, -0.05) is 11.6 Å². The lowest BCUT2D eigenvalue weighted by Crippen LogP contribution is -2.17. The van der Waals surface area contributed by atoms with Gasteiger partial charge in [0, 0.05) is 10.6 Å². The highest BCUT2D eigenvalue weighted by molar-refractivity contribution is 7.15. The normalized spacial score (nSPS) is 11.3. The van der Waals surface area contributed by atoms with Crippen LogP contribution in [0.5, 0.6) is 5.75 Å². The van der Waals surface area contributed by atoms with E-state index in [1.165, 1.54) is 23.5 Å². The van der Waals surface area contributed by atoms with Crippen LogP contribution < -0.4 is 10.1 Å². The van der Waals surface area contributed by atoms with Gasteiger partial charge in [-0.25, -0.2) is 4.98 Å². The molecule has 0 atom stereocenters. The SMILES string of the molecule is Cc1sc(Cl)nc1C(=O)Nc1ccc(OC(F)(F)F)cc1. The Morgan fingerprint density at radius 3 is 2.43 bits per heavy atom. The molecule has 1 aromatic heterocycles. The van der Waals surface area contributed by atoms with Crippen molar-refractivity contribution in [1.82, 2.24) is 4.98 Å². The Kier molecular flexibility index (Phi) is 4.38. The van der Waals surface area contributed by atoms with Gasteiger partial charge in [0.25, 0.3) is 5.91 Å². The number of ether oxygens (including phenoxy) is 1. The molecule has 1 amide bonds. The number of hydrogen-bond acceptors (Lipinski definition) is 4. The molecule has 0 bridgehead atoms.